The van der Waals surface area contributed by atoms with Gasteiger partial charge in [0.2, 0.25) is 10.0 Å². The van der Waals surface area contributed by atoms with Gasteiger partial charge in [-0.15, -0.1) is 5.10 Å². The Labute approximate surface area is 171 Å². The molecule has 156 valence electrons. The lowest BCUT2D eigenvalue weighted by Gasteiger charge is -2.29. The van der Waals surface area contributed by atoms with Gasteiger partial charge in [-0.3, -0.25) is 4.79 Å². The number of amides is 1. The second-order valence-electron chi connectivity index (χ2n) is 8.17. The van der Waals surface area contributed by atoms with Crippen LogP contribution in [0, 0.1) is 12.8 Å². The first-order chi connectivity index (χ1) is 13.8. The van der Waals surface area contributed by atoms with Gasteiger partial charge in [-0.2, -0.15) is 4.31 Å². The van der Waals surface area contributed by atoms with Gasteiger partial charge < -0.3 is 4.90 Å². The maximum absolute atomic E-state index is 13.0. The van der Waals surface area contributed by atoms with Crippen LogP contribution in [0.2, 0.25) is 0 Å². The summed E-state index contributed by atoms with van der Waals surface area (Å²) in [7, 11) is -3.23. The second-order valence-corrected chi connectivity index (χ2v) is 10.2. The quantitative estimate of drug-likeness (QED) is 0.759. The van der Waals surface area contributed by atoms with E-state index in [2.05, 4.69) is 17.2 Å². The molecule has 2 aromatic rings. The SMILES string of the molecule is Cc1c(C(=O)N2CCC(C)CC2)nnn1-c1cccc2c1CCN(S(C)(=O)=O)C2. The van der Waals surface area contributed by atoms with E-state index in [4.69, 9.17) is 0 Å². The second kappa shape index (κ2) is 7.53. The van der Waals surface area contributed by atoms with E-state index in [-0.39, 0.29) is 5.91 Å². The van der Waals surface area contributed by atoms with E-state index in [9.17, 15) is 13.2 Å². The maximum Gasteiger partial charge on any atom is 0.276 e. The highest BCUT2D eigenvalue weighted by Gasteiger charge is 2.28. The molecule has 0 N–H and O–H groups in total. The number of aromatic nitrogens is 3. The van der Waals surface area contributed by atoms with Gasteiger partial charge in [0.15, 0.2) is 5.69 Å². The fraction of sp³-hybridized carbons (Fsp3) is 0.550. The largest absolute Gasteiger partial charge is 0.337 e. The molecule has 2 aliphatic rings. The summed E-state index contributed by atoms with van der Waals surface area (Å²) in [6.07, 6.45) is 3.87. The Bertz CT molecular complexity index is 1040. The molecular formula is C20H27N5O3S. The third-order valence-electron chi connectivity index (χ3n) is 6.07. The van der Waals surface area contributed by atoms with Crippen LogP contribution >= 0.6 is 0 Å². The highest BCUT2D eigenvalue weighted by atomic mass is 32.2. The molecule has 2 aliphatic heterocycles. The Morgan fingerprint density at radius 2 is 1.90 bits per heavy atom. The molecule has 1 aromatic heterocycles. The van der Waals surface area contributed by atoms with Crippen molar-refractivity contribution in [1.82, 2.24) is 24.2 Å². The molecular weight excluding hydrogens is 390 g/mol. The van der Waals surface area contributed by atoms with Crippen molar-refractivity contribution in [2.24, 2.45) is 5.92 Å². The smallest absolute Gasteiger partial charge is 0.276 e. The minimum absolute atomic E-state index is 0.0614. The third-order valence-corrected chi connectivity index (χ3v) is 7.32. The Hall–Kier alpha value is -2.26. The van der Waals surface area contributed by atoms with Gasteiger partial charge in [-0.05, 0) is 49.3 Å². The Morgan fingerprint density at radius 3 is 2.59 bits per heavy atom. The molecule has 0 unspecified atom stereocenters. The molecule has 0 atom stereocenters. The standard InChI is InChI=1S/C20H27N5O3S/c1-14-7-10-23(11-8-14)20(26)19-15(2)25(22-21-19)18-6-4-5-16-13-24(29(3,27)28)12-9-17(16)18/h4-6,14H,7-13H2,1-3H3. The van der Waals surface area contributed by atoms with Crippen molar-refractivity contribution in [2.45, 2.75) is 39.7 Å². The van der Waals surface area contributed by atoms with Crippen molar-refractivity contribution < 1.29 is 13.2 Å². The van der Waals surface area contributed by atoms with Crippen LogP contribution in [-0.4, -0.2) is 64.4 Å². The molecule has 0 spiro atoms. The lowest BCUT2D eigenvalue weighted by Crippen LogP contribution is -2.38. The van der Waals surface area contributed by atoms with E-state index in [1.54, 1.807) is 4.68 Å². The van der Waals surface area contributed by atoms with Crippen LogP contribution in [0.25, 0.3) is 5.69 Å². The predicted molar refractivity (Wildman–Crippen MR) is 109 cm³/mol. The minimum Gasteiger partial charge on any atom is -0.337 e. The molecule has 1 aromatic carbocycles. The van der Waals surface area contributed by atoms with Crippen LogP contribution < -0.4 is 0 Å². The van der Waals surface area contributed by atoms with Crippen molar-refractivity contribution in [1.29, 1.82) is 0 Å². The number of sulfonamides is 1. The monoisotopic (exact) mass is 417 g/mol. The Kier molecular flexibility index (Phi) is 5.20. The number of carbonyl (C=O) groups excluding carboxylic acids is 1. The summed E-state index contributed by atoms with van der Waals surface area (Å²) >= 11 is 0. The number of fused-ring (bicyclic) bond motifs is 1. The van der Waals surface area contributed by atoms with Gasteiger partial charge in [0.1, 0.15) is 0 Å². The van der Waals surface area contributed by atoms with Crippen LogP contribution in [0.4, 0.5) is 0 Å². The normalized spacial score (nSPS) is 18.7. The lowest BCUT2D eigenvalue weighted by molar-refractivity contribution is 0.0690. The van der Waals surface area contributed by atoms with E-state index < -0.39 is 10.0 Å². The average Bonchev–Trinajstić information content (AvgIpc) is 3.07. The number of carbonyl (C=O) groups is 1. The van der Waals surface area contributed by atoms with Crippen LogP contribution in [-0.2, 0) is 23.0 Å². The summed E-state index contributed by atoms with van der Waals surface area (Å²) in [5, 5.41) is 8.48. The van der Waals surface area contributed by atoms with Crippen molar-refractivity contribution in [3.63, 3.8) is 0 Å². The van der Waals surface area contributed by atoms with E-state index in [0.717, 1.165) is 42.7 Å². The third kappa shape index (κ3) is 3.81. The maximum atomic E-state index is 13.0. The summed E-state index contributed by atoms with van der Waals surface area (Å²) in [6, 6.07) is 5.80. The van der Waals surface area contributed by atoms with Crippen molar-refractivity contribution in [3.8, 4) is 5.69 Å². The first-order valence-electron chi connectivity index (χ1n) is 10.0. The summed E-state index contributed by atoms with van der Waals surface area (Å²) in [6.45, 7) is 6.39. The van der Waals surface area contributed by atoms with Crippen LogP contribution in [0.5, 0.6) is 0 Å². The van der Waals surface area contributed by atoms with Crippen LogP contribution in [0.3, 0.4) is 0 Å². The van der Waals surface area contributed by atoms with Gasteiger partial charge in [0, 0.05) is 26.2 Å². The first-order valence-corrected chi connectivity index (χ1v) is 11.9. The lowest BCUT2D eigenvalue weighted by atomic mass is 9.98. The predicted octanol–water partition coefficient (Wildman–Crippen LogP) is 1.77. The molecule has 29 heavy (non-hydrogen) atoms. The number of hydrogen-bond acceptors (Lipinski definition) is 5. The van der Waals surface area contributed by atoms with E-state index in [1.165, 1.54) is 10.6 Å². The number of piperidine rings is 1. The topological polar surface area (TPSA) is 88.4 Å². The fourth-order valence-electron chi connectivity index (χ4n) is 4.16. The first kappa shape index (κ1) is 20.0. The summed E-state index contributed by atoms with van der Waals surface area (Å²) in [5.41, 5.74) is 4.00. The van der Waals surface area contributed by atoms with E-state index in [0.29, 0.717) is 36.8 Å². The fourth-order valence-corrected chi connectivity index (χ4v) is 4.96. The zero-order chi connectivity index (χ0) is 20.8. The molecule has 0 aliphatic carbocycles. The molecule has 0 bridgehead atoms. The molecule has 4 rings (SSSR count). The van der Waals surface area contributed by atoms with E-state index >= 15 is 0 Å². The minimum atomic E-state index is -3.23. The average molecular weight is 418 g/mol. The van der Waals surface area contributed by atoms with Crippen molar-refractivity contribution in [2.75, 3.05) is 25.9 Å². The molecule has 1 fully saturated rings. The van der Waals surface area contributed by atoms with Gasteiger partial charge in [0.05, 0.1) is 17.6 Å². The molecule has 3 heterocycles. The molecule has 9 heteroatoms. The number of benzene rings is 1. The Morgan fingerprint density at radius 1 is 1.17 bits per heavy atom. The highest BCUT2D eigenvalue weighted by Crippen LogP contribution is 2.27. The molecule has 0 radical (unpaired) electrons. The van der Waals surface area contributed by atoms with Gasteiger partial charge in [-0.1, -0.05) is 24.3 Å². The number of nitrogens with zero attached hydrogens (tertiary/aromatic N) is 5. The zero-order valence-electron chi connectivity index (χ0n) is 17.1. The van der Waals surface area contributed by atoms with Gasteiger partial charge in [-0.25, -0.2) is 13.1 Å². The van der Waals surface area contributed by atoms with E-state index in [1.807, 2.05) is 30.0 Å². The zero-order valence-corrected chi connectivity index (χ0v) is 17.9. The Balaban J connectivity index is 1.63. The van der Waals surface area contributed by atoms with Crippen LogP contribution in [0.15, 0.2) is 18.2 Å². The summed E-state index contributed by atoms with van der Waals surface area (Å²) < 4.78 is 27.0. The number of rotatable bonds is 3. The molecule has 0 saturated carbocycles. The molecule has 1 amide bonds. The van der Waals surface area contributed by atoms with Crippen LogP contribution in [0.1, 0.15) is 47.1 Å². The van der Waals surface area contributed by atoms with Gasteiger partial charge >= 0.3 is 0 Å². The summed E-state index contributed by atoms with van der Waals surface area (Å²) in [4.78, 5) is 14.8. The molecule has 1 saturated heterocycles. The van der Waals surface area contributed by atoms with Gasteiger partial charge in [0.25, 0.3) is 5.91 Å². The number of hydrogen-bond donors (Lipinski definition) is 0. The highest BCUT2D eigenvalue weighted by molar-refractivity contribution is 7.88. The number of likely N-dealkylation sites (tertiary alicyclic amines) is 1. The summed E-state index contributed by atoms with van der Waals surface area (Å²) in [5.74, 6) is 0.590. The van der Waals surface area contributed by atoms with Crippen molar-refractivity contribution in [3.05, 3.63) is 40.7 Å². The van der Waals surface area contributed by atoms with Crippen molar-refractivity contribution >= 4 is 15.9 Å². The molecule has 8 nitrogen and oxygen atoms in total.